The fraction of sp³-hybridized carbons (Fsp3) is 0.500. The molecule has 2 nitrogen and oxygen atoms in total. The third-order valence-corrected chi connectivity index (χ3v) is 6.90. The maximum absolute atomic E-state index is 11.8. The average molecular weight is 379 g/mol. The largest absolute Gasteiger partial charge is 0.465 e. The van der Waals surface area contributed by atoms with Gasteiger partial charge in [-0.25, -0.2) is 4.79 Å². The van der Waals surface area contributed by atoms with E-state index in [1.54, 1.807) is 0 Å². The molecule has 0 fully saturated rings. The van der Waals surface area contributed by atoms with Crippen molar-refractivity contribution in [2.24, 2.45) is 0 Å². The van der Waals surface area contributed by atoms with E-state index >= 15 is 0 Å². The highest BCUT2D eigenvalue weighted by Crippen LogP contribution is 2.48. The Bertz CT molecular complexity index is 899. The molecule has 2 aromatic rings. The van der Waals surface area contributed by atoms with Crippen LogP contribution in [-0.2, 0) is 21.0 Å². The van der Waals surface area contributed by atoms with Crippen LogP contribution in [-0.4, -0.2) is 13.1 Å². The number of rotatable bonds is 3. The lowest BCUT2D eigenvalue weighted by molar-refractivity contribution is 0.0600. The van der Waals surface area contributed by atoms with Crippen LogP contribution in [0.1, 0.15) is 92.6 Å². The summed E-state index contributed by atoms with van der Waals surface area (Å²) in [7, 11) is 1.42. The average Bonchev–Trinajstić information content (AvgIpc) is 2.64. The van der Waals surface area contributed by atoms with Crippen molar-refractivity contribution in [3.63, 3.8) is 0 Å². The summed E-state index contributed by atoms with van der Waals surface area (Å²) < 4.78 is 4.83. The van der Waals surface area contributed by atoms with Gasteiger partial charge >= 0.3 is 5.97 Å². The van der Waals surface area contributed by atoms with Gasteiger partial charge in [0.05, 0.1) is 12.7 Å². The van der Waals surface area contributed by atoms with Crippen LogP contribution in [0.25, 0.3) is 0 Å². The summed E-state index contributed by atoms with van der Waals surface area (Å²) in [5, 5.41) is 0. The number of hydrogen-bond donors (Lipinski definition) is 0. The second-order valence-electron chi connectivity index (χ2n) is 10.2. The lowest BCUT2D eigenvalue weighted by atomic mass is 9.61. The number of hydrogen-bond acceptors (Lipinski definition) is 2. The zero-order valence-corrected chi connectivity index (χ0v) is 18.7. The first kappa shape index (κ1) is 20.6. The Balaban J connectivity index is 2.11. The zero-order chi connectivity index (χ0) is 20.9. The second kappa shape index (κ2) is 6.76. The molecule has 150 valence electrons. The van der Waals surface area contributed by atoms with Gasteiger partial charge in [0.15, 0.2) is 0 Å². The van der Waals surface area contributed by atoms with Gasteiger partial charge in [-0.05, 0) is 70.5 Å². The van der Waals surface area contributed by atoms with Gasteiger partial charge in [0.1, 0.15) is 0 Å². The van der Waals surface area contributed by atoms with Crippen molar-refractivity contribution in [1.29, 1.82) is 0 Å². The molecule has 0 bridgehead atoms. The Hall–Kier alpha value is -2.09. The lowest BCUT2D eigenvalue weighted by Gasteiger charge is -2.43. The fourth-order valence-electron chi connectivity index (χ4n) is 4.69. The molecule has 2 aromatic carbocycles. The van der Waals surface area contributed by atoms with Gasteiger partial charge in [-0.2, -0.15) is 0 Å². The second-order valence-corrected chi connectivity index (χ2v) is 10.2. The zero-order valence-electron chi connectivity index (χ0n) is 18.7. The quantitative estimate of drug-likeness (QED) is 0.573. The SMILES string of the molecule is COC(=O)c1ccc(C(C)(C)c2cc3c(cc2C)C(C)(C)CCC3(C)C)cc1. The smallest absolute Gasteiger partial charge is 0.337 e. The molecular weight excluding hydrogens is 344 g/mol. The first-order chi connectivity index (χ1) is 12.9. The van der Waals surface area contributed by atoms with Crippen molar-refractivity contribution in [3.05, 3.63) is 69.8 Å². The molecule has 1 aliphatic carbocycles. The topological polar surface area (TPSA) is 26.3 Å². The number of ether oxygens (including phenoxy) is 1. The summed E-state index contributed by atoms with van der Waals surface area (Å²) in [5.74, 6) is -0.293. The fourth-order valence-corrected chi connectivity index (χ4v) is 4.69. The minimum Gasteiger partial charge on any atom is -0.465 e. The normalized spacial score (nSPS) is 17.7. The predicted molar refractivity (Wildman–Crippen MR) is 116 cm³/mol. The van der Waals surface area contributed by atoms with E-state index in [0.717, 1.165) is 0 Å². The molecule has 0 saturated carbocycles. The minimum atomic E-state index is -0.293. The molecule has 2 heteroatoms. The summed E-state index contributed by atoms with van der Waals surface area (Å²) in [4.78, 5) is 11.8. The van der Waals surface area contributed by atoms with Crippen LogP contribution in [0, 0.1) is 6.92 Å². The van der Waals surface area contributed by atoms with Crippen molar-refractivity contribution in [1.82, 2.24) is 0 Å². The molecule has 0 N–H and O–H groups in total. The minimum absolute atomic E-state index is 0.147. The number of benzene rings is 2. The molecule has 0 radical (unpaired) electrons. The van der Waals surface area contributed by atoms with Crippen LogP contribution >= 0.6 is 0 Å². The molecule has 1 aliphatic rings. The number of aryl methyl sites for hydroxylation is 1. The van der Waals surface area contributed by atoms with Gasteiger partial charge in [0.2, 0.25) is 0 Å². The van der Waals surface area contributed by atoms with E-state index in [4.69, 9.17) is 4.74 Å². The van der Waals surface area contributed by atoms with Crippen molar-refractivity contribution in [2.45, 2.75) is 77.6 Å². The molecule has 0 heterocycles. The van der Waals surface area contributed by atoms with E-state index in [-0.39, 0.29) is 22.2 Å². The van der Waals surface area contributed by atoms with E-state index < -0.39 is 0 Å². The van der Waals surface area contributed by atoms with Crippen LogP contribution < -0.4 is 0 Å². The number of carbonyl (C=O) groups excluding carboxylic acids is 1. The van der Waals surface area contributed by atoms with Crippen molar-refractivity contribution in [3.8, 4) is 0 Å². The molecule has 28 heavy (non-hydrogen) atoms. The number of esters is 1. The highest BCUT2D eigenvalue weighted by Gasteiger charge is 2.38. The molecule has 3 rings (SSSR count). The summed E-state index contributed by atoms with van der Waals surface area (Å²) in [5.41, 5.74) is 7.76. The van der Waals surface area contributed by atoms with Crippen molar-refractivity contribution >= 4 is 5.97 Å². The van der Waals surface area contributed by atoms with Crippen LogP contribution in [0.3, 0.4) is 0 Å². The van der Waals surface area contributed by atoms with E-state index in [0.29, 0.717) is 5.56 Å². The lowest BCUT2D eigenvalue weighted by Crippen LogP contribution is -2.35. The molecule has 0 atom stereocenters. The third-order valence-electron chi connectivity index (χ3n) is 6.90. The molecule has 0 spiro atoms. The standard InChI is InChI=1S/C26H34O2/c1-17-15-21-22(25(4,5)14-13-24(21,2)3)16-20(17)26(6,7)19-11-9-18(10-12-19)23(27)28-8/h9-12,15-16H,13-14H2,1-8H3. The van der Waals surface area contributed by atoms with Gasteiger partial charge in [-0.3, -0.25) is 0 Å². The number of carbonyl (C=O) groups is 1. The van der Waals surface area contributed by atoms with E-state index in [2.05, 4.69) is 72.7 Å². The molecule has 0 aliphatic heterocycles. The van der Waals surface area contributed by atoms with Gasteiger partial charge < -0.3 is 4.74 Å². The van der Waals surface area contributed by atoms with Gasteiger partial charge in [0, 0.05) is 5.41 Å². The monoisotopic (exact) mass is 378 g/mol. The maximum Gasteiger partial charge on any atom is 0.337 e. The van der Waals surface area contributed by atoms with E-state index in [1.807, 2.05) is 12.1 Å². The highest BCUT2D eigenvalue weighted by atomic mass is 16.5. The van der Waals surface area contributed by atoms with Gasteiger partial charge in [0.25, 0.3) is 0 Å². The summed E-state index contributed by atoms with van der Waals surface area (Å²) in [6, 6.07) is 12.7. The summed E-state index contributed by atoms with van der Waals surface area (Å²) in [6.07, 6.45) is 2.44. The van der Waals surface area contributed by atoms with Crippen LogP contribution in [0.5, 0.6) is 0 Å². The number of fused-ring (bicyclic) bond motifs is 1. The first-order valence-corrected chi connectivity index (χ1v) is 10.2. The van der Waals surface area contributed by atoms with Crippen molar-refractivity contribution < 1.29 is 9.53 Å². The van der Waals surface area contributed by atoms with Crippen LogP contribution in [0.15, 0.2) is 36.4 Å². The van der Waals surface area contributed by atoms with E-state index in [1.165, 1.54) is 47.8 Å². The Kier molecular flexibility index (Phi) is 4.98. The summed E-state index contributed by atoms with van der Waals surface area (Å²) >= 11 is 0. The maximum atomic E-state index is 11.8. The molecular formula is C26H34O2. The molecule has 0 amide bonds. The van der Waals surface area contributed by atoms with Gasteiger partial charge in [-0.1, -0.05) is 65.8 Å². The van der Waals surface area contributed by atoms with E-state index in [9.17, 15) is 4.79 Å². The highest BCUT2D eigenvalue weighted by molar-refractivity contribution is 5.89. The Labute approximate surface area is 170 Å². The summed E-state index contributed by atoms with van der Waals surface area (Å²) in [6.45, 7) is 16.3. The molecule has 0 saturated heterocycles. The van der Waals surface area contributed by atoms with Crippen LogP contribution in [0.4, 0.5) is 0 Å². The first-order valence-electron chi connectivity index (χ1n) is 10.2. The van der Waals surface area contributed by atoms with Crippen LogP contribution in [0.2, 0.25) is 0 Å². The Morgan fingerprint density at radius 3 is 1.93 bits per heavy atom. The predicted octanol–water partition coefficient (Wildman–Crippen LogP) is 6.46. The number of methoxy groups -OCH3 is 1. The Morgan fingerprint density at radius 2 is 1.43 bits per heavy atom. The molecule has 0 unspecified atom stereocenters. The molecule has 0 aromatic heterocycles. The third kappa shape index (κ3) is 3.38. The van der Waals surface area contributed by atoms with Gasteiger partial charge in [-0.15, -0.1) is 0 Å². The Morgan fingerprint density at radius 1 is 0.929 bits per heavy atom. The van der Waals surface area contributed by atoms with Crippen molar-refractivity contribution in [2.75, 3.05) is 7.11 Å².